The van der Waals surface area contributed by atoms with Gasteiger partial charge >= 0.3 is 0 Å². The molecule has 2 saturated heterocycles. The summed E-state index contributed by atoms with van der Waals surface area (Å²) in [5.74, 6) is 0.211. The molecule has 4 heteroatoms. The number of likely N-dealkylation sites (N-methyl/N-ethyl adjacent to an activating group) is 1. The highest BCUT2D eigenvalue weighted by atomic mass is 16.3. The molecular weight excluding hydrogens is 180 g/mol. The molecule has 0 aliphatic carbocycles. The molecule has 2 heterocycles. The number of rotatable bonds is 2. The maximum Gasteiger partial charge on any atom is 0.239 e. The summed E-state index contributed by atoms with van der Waals surface area (Å²) in [6, 6.07) is 0.0341. The fraction of sp³-hybridized carbons (Fsp3) is 0.900. The van der Waals surface area contributed by atoms with Gasteiger partial charge in [-0.05, 0) is 12.8 Å². The Hall–Kier alpha value is -0.610. The average Bonchev–Trinajstić information content (AvgIpc) is 2.43. The minimum absolute atomic E-state index is 0.0341. The molecule has 1 amide bonds. The topological polar surface area (TPSA) is 43.8 Å². The van der Waals surface area contributed by atoms with Gasteiger partial charge in [0.15, 0.2) is 0 Å². The van der Waals surface area contributed by atoms with E-state index in [1.54, 1.807) is 4.90 Å². The summed E-state index contributed by atoms with van der Waals surface area (Å²) in [5, 5.41) is 9.84. The van der Waals surface area contributed by atoms with Gasteiger partial charge in [-0.15, -0.1) is 0 Å². The first-order valence-electron chi connectivity index (χ1n) is 5.27. The zero-order chi connectivity index (χ0) is 10.3. The van der Waals surface area contributed by atoms with Crippen LogP contribution in [0.1, 0.15) is 19.8 Å². The molecule has 1 atom stereocenters. The molecule has 0 aromatic heterocycles. The number of β-amino-alcohol motifs (C(OH)–C–C–N with tert-alkyl or cyclic N) is 1. The van der Waals surface area contributed by atoms with Crippen molar-refractivity contribution in [3.8, 4) is 0 Å². The highest BCUT2D eigenvalue weighted by molar-refractivity contribution is 5.83. The summed E-state index contributed by atoms with van der Waals surface area (Å²) in [6.45, 7) is 4.16. The maximum atomic E-state index is 11.6. The minimum atomic E-state index is -0.526. The van der Waals surface area contributed by atoms with E-state index in [1.807, 2.05) is 14.0 Å². The van der Waals surface area contributed by atoms with Gasteiger partial charge in [-0.25, -0.2) is 0 Å². The third-order valence-electron chi connectivity index (χ3n) is 3.49. The monoisotopic (exact) mass is 198 g/mol. The second-order valence-corrected chi connectivity index (χ2v) is 4.55. The molecule has 0 saturated carbocycles. The number of nitrogens with zero attached hydrogens (tertiary/aromatic N) is 2. The first-order valence-corrected chi connectivity index (χ1v) is 5.27. The molecule has 2 aliphatic rings. The fourth-order valence-corrected chi connectivity index (χ4v) is 2.30. The molecule has 4 nitrogen and oxygen atoms in total. The van der Waals surface area contributed by atoms with Gasteiger partial charge in [0.1, 0.15) is 0 Å². The molecule has 80 valence electrons. The van der Waals surface area contributed by atoms with E-state index in [-0.39, 0.29) is 11.9 Å². The zero-order valence-corrected chi connectivity index (χ0v) is 8.86. The summed E-state index contributed by atoms with van der Waals surface area (Å²) in [5.41, 5.74) is -0.526. The molecule has 2 fully saturated rings. The fourth-order valence-electron chi connectivity index (χ4n) is 2.30. The predicted octanol–water partition coefficient (Wildman–Crippen LogP) is -0.326. The van der Waals surface area contributed by atoms with Crippen molar-refractivity contribution >= 4 is 5.91 Å². The Labute approximate surface area is 84.5 Å². The van der Waals surface area contributed by atoms with Crippen molar-refractivity contribution in [2.45, 2.75) is 31.4 Å². The number of amides is 1. The number of hydrogen-bond acceptors (Lipinski definition) is 3. The SMILES string of the molecule is CCC1(O)CN(C2CCN(C)C2=O)C1. The van der Waals surface area contributed by atoms with Gasteiger partial charge < -0.3 is 10.0 Å². The summed E-state index contributed by atoms with van der Waals surface area (Å²) in [4.78, 5) is 15.5. The van der Waals surface area contributed by atoms with E-state index < -0.39 is 5.60 Å². The maximum absolute atomic E-state index is 11.6. The molecule has 1 N–H and O–H groups in total. The van der Waals surface area contributed by atoms with Gasteiger partial charge in [0.2, 0.25) is 5.91 Å². The molecule has 0 bridgehead atoms. The van der Waals surface area contributed by atoms with Crippen molar-refractivity contribution in [2.75, 3.05) is 26.7 Å². The highest BCUT2D eigenvalue weighted by Crippen LogP contribution is 2.29. The Bertz CT molecular complexity index is 249. The standard InChI is InChI=1S/C10H18N2O2/c1-3-10(14)6-12(7-10)8-4-5-11(2)9(8)13/h8,14H,3-7H2,1-2H3. The van der Waals surface area contributed by atoms with E-state index in [0.29, 0.717) is 13.1 Å². The van der Waals surface area contributed by atoms with Gasteiger partial charge in [0, 0.05) is 26.7 Å². The van der Waals surface area contributed by atoms with E-state index in [4.69, 9.17) is 0 Å². The van der Waals surface area contributed by atoms with Crippen molar-refractivity contribution < 1.29 is 9.90 Å². The van der Waals surface area contributed by atoms with Crippen LogP contribution in [0.2, 0.25) is 0 Å². The average molecular weight is 198 g/mol. The molecule has 2 rings (SSSR count). The van der Waals surface area contributed by atoms with Crippen LogP contribution in [-0.4, -0.2) is 59.1 Å². The molecule has 2 aliphatic heterocycles. The van der Waals surface area contributed by atoms with Crippen LogP contribution in [0.3, 0.4) is 0 Å². The molecule has 0 radical (unpaired) electrons. The van der Waals surface area contributed by atoms with Crippen molar-refractivity contribution in [1.29, 1.82) is 0 Å². The number of hydrogen-bond donors (Lipinski definition) is 1. The van der Waals surface area contributed by atoms with Crippen molar-refractivity contribution in [1.82, 2.24) is 9.80 Å². The first kappa shape index (κ1) is 9.93. The Morgan fingerprint density at radius 3 is 2.64 bits per heavy atom. The smallest absolute Gasteiger partial charge is 0.239 e. The minimum Gasteiger partial charge on any atom is -0.387 e. The van der Waals surface area contributed by atoms with Crippen molar-refractivity contribution in [2.24, 2.45) is 0 Å². The van der Waals surface area contributed by atoms with E-state index in [0.717, 1.165) is 19.4 Å². The lowest BCUT2D eigenvalue weighted by molar-refractivity contribution is -0.145. The number of carbonyl (C=O) groups excluding carboxylic acids is 1. The second kappa shape index (κ2) is 3.21. The third kappa shape index (κ3) is 1.42. The quantitative estimate of drug-likeness (QED) is 0.661. The molecule has 0 spiro atoms. The lowest BCUT2D eigenvalue weighted by Gasteiger charge is -2.48. The van der Waals surface area contributed by atoms with E-state index >= 15 is 0 Å². The van der Waals surface area contributed by atoms with Crippen molar-refractivity contribution in [3.05, 3.63) is 0 Å². The van der Waals surface area contributed by atoms with Gasteiger partial charge in [-0.3, -0.25) is 9.69 Å². The summed E-state index contributed by atoms with van der Waals surface area (Å²) in [7, 11) is 1.84. The Kier molecular flexibility index (Phi) is 2.27. The normalized spacial score (nSPS) is 32.1. The highest BCUT2D eigenvalue weighted by Gasteiger charge is 2.46. The first-order chi connectivity index (χ1) is 6.56. The Balaban J connectivity index is 1.91. The molecule has 0 aromatic rings. The summed E-state index contributed by atoms with van der Waals surface area (Å²) in [6.07, 6.45) is 1.69. The van der Waals surface area contributed by atoms with Gasteiger partial charge in [-0.1, -0.05) is 6.92 Å². The van der Waals surface area contributed by atoms with E-state index in [2.05, 4.69) is 4.90 Å². The summed E-state index contributed by atoms with van der Waals surface area (Å²) >= 11 is 0. The summed E-state index contributed by atoms with van der Waals surface area (Å²) < 4.78 is 0. The zero-order valence-electron chi connectivity index (χ0n) is 8.86. The number of carbonyl (C=O) groups is 1. The van der Waals surface area contributed by atoms with Crippen LogP contribution in [-0.2, 0) is 4.79 Å². The van der Waals surface area contributed by atoms with Crippen molar-refractivity contribution in [3.63, 3.8) is 0 Å². The molecule has 14 heavy (non-hydrogen) atoms. The molecule has 0 aromatic carbocycles. The van der Waals surface area contributed by atoms with Crippen LogP contribution in [0.5, 0.6) is 0 Å². The molecular formula is C10H18N2O2. The number of aliphatic hydroxyl groups is 1. The van der Waals surface area contributed by atoms with Gasteiger partial charge in [0.25, 0.3) is 0 Å². The van der Waals surface area contributed by atoms with Crippen LogP contribution in [0.25, 0.3) is 0 Å². The Morgan fingerprint density at radius 1 is 1.57 bits per heavy atom. The number of likely N-dealkylation sites (tertiary alicyclic amines) is 2. The van der Waals surface area contributed by atoms with E-state index in [1.165, 1.54) is 0 Å². The lowest BCUT2D eigenvalue weighted by atomic mass is 9.89. The van der Waals surface area contributed by atoms with Crippen LogP contribution >= 0.6 is 0 Å². The molecule has 1 unspecified atom stereocenters. The van der Waals surface area contributed by atoms with Crippen LogP contribution in [0.15, 0.2) is 0 Å². The Morgan fingerprint density at radius 2 is 2.21 bits per heavy atom. The predicted molar refractivity (Wildman–Crippen MR) is 52.9 cm³/mol. The van der Waals surface area contributed by atoms with Crippen LogP contribution in [0, 0.1) is 0 Å². The van der Waals surface area contributed by atoms with Gasteiger partial charge in [-0.2, -0.15) is 0 Å². The van der Waals surface area contributed by atoms with Crippen LogP contribution in [0.4, 0.5) is 0 Å². The lowest BCUT2D eigenvalue weighted by Crippen LogP contribution is -2.65. The van der Waals surface area contributed by atoms with E-state index in [9.17, 15) is 9.90 Å². The third-order valence-corrected chi connectivity index (χ3v) is 3.49. The largest absolute Gasteiger partial charge is 0.387 e. The van der Waals surface area contributed by atoms with Crippen LogP contribution < -0.4 is 0 Å². The second-order valence-electron chi connectivity index (χ2n) is 4.55. The van der Waals surface area contributed by atoms with Gasteiger partial charge in [0.05, 0.1) is 11.6 Å².